The van der Waals surface area contributed by atoms with Gasteiger partial charge < -0.3 is 5.73 Å². The van der Waals surface area contributed by atoms with Crippen molar-refractivity contribution in [1.82, 2.24) is 9.36 Å². The van der Waals surface area contributed by atoms with Crippen molar-refractivity contribution in [3.05, 3.63) is 50.9 Å². The lowest BCUT2D eigenvalue weighted by Gasteiger charge is -2.09. The largest absolute Gasteiger partial charge is 0.365 e. The Morgan fingerprint density at radius 3 is 2.44 bits per heavy atom. The Balaban J connectivity index is 2.83. The molecule has 0 bridgehead atoms. The predicted octanol–water partition coefficient (Wildman–Crippen LogP) is 1.24. The Bertz CT molecular complexity index is 685. The van der Waals surface area contributed by atoms with Crippen LogP contribution in [0.2, 0.25) is 5.02 Å². The summed E-state index contributed by atoms with van der Waals surface area (Å²) in [4.78, 5) is 23.5. The standard InChI is InChI=1S/C12H12ClN3O2/c1-7-10(11(14)17)12(18)16(15(7)2)9-6-4-3-5-8(9)13/h3-6H,1-2H3,(H2,14,17). The molecule has 0 aliphatic carbocycles. The van der Waals surface area contributed by atoms with Gasteiger partial charge in [-0.3, -0.25) is 14.3 Å². The maximum Gasteiger partial charge on any atom is 0.284 e. The number of carbonyl (C=O) groups excluding carboxylic acids is 1. The van der Waals surface area contributed by atoms with Crippen LogP contribution >= 0.6 is 11.6 Å². The van der Waals surface area contributed by atoms with Crippen molar-refractivity contribution in [3.8, 4) is 5.69 Å². The number of carbonyl (C=O) groups is 1. The molecule has 94 valence electrons. The highest BCUT2D eigenvalue weighted by Gasteiger charge is 2.20. The van der Waals surface area contributed by atoms with E-state index in [1.807, 2.05) is 0 Å². The molecule has 2 N–H and O–H groups in total. The lowest BCUT2D eigenvalue weighted by molar-refractivity contribution is 0.0998. The number of aromatic nitrogens is 2. The number of nitrogens with two attached hydrogens (primary N) is 1. The number of rotatable bonds is 2. The van der Waals surface area contributed by atoms with Gasteiger partial charge in [-0.25, -0.2) is 4.68 Å². The summed E-state index contributed by atoms with van der Waals surface area (Å²) in [7, 11) is 1.67. The molecule has 0 aliphatic heterocycles. The lowest BCUT2D eigenvalue weighted by Crippen LogP contribution is -2.25. The molecule has 2 aromatic rings. The maximum atomic E-state index is 12.2. The van der Waals surface area contributed by atoms with Gasteiger partial charge in [-0.15, -0.1) is 0 Å². The van der Waals surface area contributed by atoms with Crippen molar-refractivity contribution in [2.75, 3.05) is 0 Å². The fourth-order valence-corrected chi connectivity index (χ4v) is 2.10. The van der Waals surface area contributed by atoms with E-state index in [-0.39, 0.29) is 5.56 Å². The number of hydrogen-bond acceptors (Lipinski definition) is 2. The summed E-state index contributed by atoms with van der Waals surface area (Å²) in [5.41, 5.74) is 5.76. The SMILES string of the molecule is Cc1c(C(N)=O)c(=O)n(-c2ccccc2Cl)n1C. The first-order valence-corrected chi connectivity index (χ1v) is 5.66. The van der Waals surface area contributed by atoms with Gasteiger partial charge in [0.25, 0.3) is 11.5 Å². The van der Waals surface area contributed by atoms with Gasteiger partial charge in [-0.05, 0) is 19.1 Å². The van der Waals surface area contributed by atoms with E-state index in [9.17, 15) is 9.59 Å². The van der Waals surface area contributed by atoms with Crippen LogP contribution in [0.25, 0.3) is 5.69 Å². The van der Waals surface area contributed by atoms with Crippen molar-refractivity contribution < 1.29 is 4.79 Å². The van der Waals surface area contributed by atoms with Crippen LogP contribution < -0.4 is 11.3 Å². The van der Waals surface area contributed by atoms with Gasteiger partial charge in [0.2, 0.25) is 0 Å². The zero-order valence-corrected chi connectivity index (χ0v) is 10.7. The molecule has 0 spiro atoms. The number of halogens is 1. The number of hydrogen-bond donors (Lipinski definition) is 1. The molecule has 1 heterocycles. The third kappa shape index (κ3) is 1.73. The number of primary amides is 1. The van der Waals surface area contributed by atoms with Crippen molar-refractivity contribution >= 4 is 17.5 Å². The highest BCUT2D eigenvalue weighted by molar-refractivity contribution is 6.32. The van der Waals surface area contributed by atoms with E-state index in [0.717, 1.165) is 0 Å². The zero-order chi connectivity index (χ0) is 13.4. The topological polar surface area (TPSA) is 70.0 Å². The first-order valence-electron chi connectivity index (χ1n) is 5.28. The summed E-state index contributed by atoms with van der Waals surface area (Å²) in [6, 6.07) is 6.91. The molecule has 5 nitrogen and oxygen atoms in total. The van der Waals surface area contributed by atoms with Crippen molar-refractivity contribution in [2.45, 2.75) is 6.92 Å². The molecule has 1 aromatic heterocycles. The van der Waals surface area contributed by atoms with Gasteiger partial charge in [0.1, 0.15) is 5.56 Å². The third-order valence-corrected chi connectivity index (χ3v) is 3.20. The van der Waals surface area contributed by atoms with Gasteiger partial charge >= 0.3 is 0 Å². The average molecular weight is 266 g/mol. The molecular weight excluding hydrogens is 254 g/mol. The third-order valence-electron chi connectivity index (χ3n) is 2.88. The number of nitrogens with zero attached hydrogens (tertiary/aromatic N) is 2. The minimum atomic E-state index is -0.737. The predicted molar refractivity (Wildman–Crippen MR) is 69.3 cm³/mol. The Morgan fingerprint density at radius 2 is 1.94 bits per heavy atom. The second kappa shape index (κ2) is 4.34. The molecule has 0 saturated carbocycles. The zero-order valence-electron chi connectivity index (χ0n) is 9.98. The molecule has 0 unspecified atom stereocenters. The summed E-state index contributed by atoms with van der Waals surface area (Å²) in [5.74, 6) is -0.737. The highest BCUT2D eigenvalue weighted by atomic mass is 35.5. The molecule has 0 fully saturated rings. The van der Waals surface area contributed by atoms with Gasteiger partial charge in [0.05, 0.1) is 16.4 Å². The molecular formula is C12H12ClN3O2. The van der Waals surface area contributed by atoms with Crippen LogP contribution in [-0.2, 0) is 7.05 Å². The van der Waals surface area contributed by atoms with Crippen LogP contribution in [0.4, 0.5) is 0 Å². The van der Waals surface area contributed by atoms with E-state index in [2.05, 4.69) is 0 Å². The van der Waals surface area contributed by atoms with E-state index in [4.69, 9.17) is 17.3 Å². The Hall–Kier alpha value is -2.01. The summed E-state index contributed by atoms with van der Waals surface area (Å²) < 4.78 is 2.89. The fraction of sp³-hybridized carbons (Fsp3) is 0.167. The smallest absolute Gasteiger partial charge is 0.284 e. The van der Waals surface area contributed by atoms with Crippen LogP contribution in [0.1, 0.15) is 16.1 Å². The van der Waals surface area contributed by atoms with Crippen LogP contribution in [0.3, 0.4) is 0 Å². The monoisotopic (exact) mass is 265 g/mol. The second-order valence-corrected chi connectivity index (χ2v) is 4.32. The van der Waals surface area contributed by atoms with Gasteiger partial charge in [-0.2, -0.15) is 0 Å². The summed E-state index contributed by atoms with van der Waals surface area (Å²) in [5, 5.41) is 0.427. The van der Waals surface area contributed by atoms with E-state index in [0.29, 0.717) is 16.4 Å². The van der Waals surface area contributed by atoms with Gasteiger partial charge in [-0.1, -0.05) is 23.7 Å². The molecule has 1 amide bonds. The van der Waals surface area contributed by atoms with Crippen molar-refractivity contribution in [1.29, 1.82) is 0 Å². The van der Waals surface area contributed by atoms with Gasteiger partial charge in [0.15, 0.2) is 0 Å². The quantitative estimate of drug-likeness (QED) is 0.887. The molecule has 0 radical (unpaired) electrons. The maximum absolute atomic E-state index is 12.2. The number of benzene rings is 1. The van der Waals surface area contributed by atoms with Crippen LogP contribution in [0.5, 0.6) is 0 Å². The van der Waals surface area contributed by atoms with Gasteiger partial charge in [0, 0.05) is 7.05 Å². The molecule has 0 aliphatic rings. The van der Waals surface area contributed by atoms with E-state index < -0.39 is 11.5 Å². The summed E-state index contributed by atoms with van der Waals surface area (Å²) >= 11 is 6.05. The summed E-state index contributed by atoms with van der Waals surface area (Å²) in [6.07, 6.45) is 0. The minimum absolute atomic E-state index is 0.0163. The van der Waals surface area contributed by atoms with Crippen molar-refractivity contribution in [3.63, 3.8) is 0 Å². The second-order valence-electron chi connectivity index (χ2n) is 3.92. The first-order chi connectivity index (χ1) is 8.45. The van der Waals surface area contributed by atoms with E-state index in [1.54, 1.807) is 42.9 Å². The Kier molecular flexibility index (Phi) is 3.00. The highest BCUT2D eigenvalue weighted by Crippen LogP contribution is 2.19. The molecule has 0 atom stereocenters. The molecule has 6 heteroatoms. The normalized spacial score (nSPS) is 10.6. The first kappa shape index (κ1) is 12.4. The molecule has 1 aromatic carbocycles. The molecule has 0 saturated heterocycles. The number of para-hydroxylation sites is 1. The summed E-state index contributed by atoms with van der Waals surface area (Å²) in [6.45, 7) is 1.66. The van der Waals surface area contributed by atoms with Crippen LogP contribution in [0, 0.1) is 6.92 Å². The Labute approximate surface area is 108 Å². The molecule has 18 heavy (non-hydrogen) atoms. The fourth-order valence-electron chi connectivity index (χ4n) is 1.89. The van der Waals surface area contributed by atoms with Crippen LogP contribution in [0.15, 0.2) is 29.1 Å². The average Bonchev–Trinajstić information content (AvgIpc) is 2.52. The minimum Gasteiger partial charge on any atom is -0.365 e. The lowest BCUT2D eigenvalue weighted by atomic mass is 10.2. The van der Waals surface area contributed by atoms with E-state index >= 15 is 0 Å². The van der Waals surface area contributed by atoms with Crippen molar-refractivity contribution in [2.24, 2.45) is 12.8 Å². The Morgan fingerprint density at radius 1 is 1.33 bits per heavy atom. The van der Waals surface area contributed by atoms with Crippen LogP contribution in [-0.4, -0.2) is 15.3 Å². The molecule has 2 rings (SSSR count). The number of amides is 1. The van der Waals surface area contributed by atoms with E-state index in [1.165, 1.54) is 4.68 Å².